The molecule has 8 nitrogen and oxygen atoms in total. The quantitative estimate of drug-likeness (QED) is 0.729. The monoisotopic (exact) mass is 409 g/mol. The van der Waals surface area contributed by atoms with E-state index in [2.05, 4.69) is 10.5 Å². The number of carbonyl (C=O) groups is 2. The zero-order valence-corrected chi connectivity index (χ0v) is 16.8. The molecule has 2 fully saturated rings. The summed E-state index contributed by atoms with van der Waals surface area (Å²) in [6.45, 7) is 2.60. The second-order valence-electron chi connectivity index (χ2n) is 8.01. The van der Waals surface area contributed by atoms with Gasteiger partial charge in [0.25, 0.3) is 0 Å². The average molecular weight is 409 g/mol. The molecule has 1 aromatic heterocycles. The molecular weight excluding hydrogens is 386 g/mol. The standard InChI is InChI=1S/C22H23N3O5/c1-13-11-17(24-30-13)25-12-22-9-7-16(29-22)18(19(22)21(25)27)20(26)23-10-8-14-3-5-15(28-2)6-4-14/h3-7,9,11,16,18-19H,8,10,12H2,1-2H3,(H,23,26)/t16-,18-,19-,22-/m1/s1. The first-order chi connectivity index (χ1) is 14.5. The van der Waals surface area contributed by atoms with Crippen LogP contribution in [0.15, 0.2) is 47.0 Å². The lowest BCUT2D eigenvalue weighted by Gasteiger charge is -2.23. The Balaban J connectivity index is 1.27. The molecule has 1 N–H and O–H groups in total. The molecule has 156 valence electrons. The maximum atomic E-state index is 13.2. The molecule has 2 aromatic rings. The Labute approximate surface area is 173 Å². The lowest BCUT2D eigenvalue weighted by molar-refractivity contribution is -0.131. The predicted octanol–water partition coefficient (Wildman–Crippen LogP) is 1.64. The van der Waals surface area contributed by atoms with Gasteiger partial charge in [0.1, 0.15) is 17.1 Å². The summed E-state index contributed by atoms with van der Waals surface area (Å²) in [5.74, 6) is 0.482. The highest BCUT2D eigenvalue weighted by atomic mass is 16.5. The van der Waals surface area contributed by atoms with Crippen LogP contribution in [0, 0.1) is 18.8 Å². The van der Waals surface area contributed by atoms with Crippen molar-refractivity contribution in [3.05, 3.63) is 53.8 Å². The van der Waals surface area contributed by atoms with Crippen molar-refractivity contribution in [2.45, 2.75) is 25.0 Å². The summed E-state index contributed by atoms with van der Waals surface area (Å²) in [4.78, 5) is 27.8. The van der Waals surface area contributed by atoms with Gasteiger partial charge in [0.05, 0.1) is 31.6 Å². The van der Waals surface area contributed by atoms with E-state index in [-0.39, 0.29) is 17.9 Å². The Kier molecular flexibility index (Phi) is 4.39. The van der Waals surface area contributed by atoms with Crippen LogP contribution in [-0.4, -0.2) is 48.9 Å². The molecule has 0 aliphatic carbocycles. The van der Waals surface area contributed by atoms with Crippen LogP contribution in [0.4, 0.5) is 5.82 Å². The first-order valence-electron chi connectivity index (χ1n) is 10.0. The third-order valence-corrected chi connectivity index (χ3v) is 6.17. The van der Waals surface area contributed by atoms with Crippen LogP contribution >= 0.6 is 0 Å². The van der Waals surface area contributed by atoms with E-state index in [0.717, 1.165) is 11.3 Å². The molecule has 1 aromatic carbocycles. The van der Waals surface area contributed by atoms with Crippen molar-refractivity contribution < 1.29 is 23.6 Å². The van der Waals surface area contributed by atoms with Crippen LogP contribution < -0.4 is 15.0 Å². The molecule has 2 amide bonds. The number of carbonyl (C=O) groups excluding carboxylic acids is 2. The summed E-state index contributed by atoms with van der Waals surface area (Å²) in [5, 5.41) is 6.95. The number of fused-ring (bicyclic) bond motifs is 1. The smallest absolute Gasteiger partial charge is 0.235 e. The maximum Gasteiger partial charge on any atom is 0.235 e. The summed E-state index contributed by atoms with van der Waals surface area (Å²) < 4.78 is 16.4. The Morgan fingerprint density at radius 1 is 1.37 bits per heavy atom. The Hall–Kier alpha value is -3.13. The highest BCUT2D eigenvalue weighted by Crippen LogP contribution is 2.52. The topological polar surface area (TPSA) is 93.9 Å². The number of methoxy groups -OCH3 is 1. The van der Waals surface area contributed by atoms with E-state index in [1.54, 1.807) is 25.0 Å². The number of ether oxygens (including phenoxy) is 2. The van der Waals surface area contributed by atoms with Gasteiger partial charge in [0, 0.05) is 12.6 Å². The van der Waals surface area contributed by atoms with Crippen LogP contribution in [0.5, 0.6) is 5.75 Å². The second-order valence-corrected chi connectivity index (χ2v) is 8.01. The number of aromatic nitrogens is 1. The van der Waals surface area contributed by atoms with Gasteiger partial charge in [0.2, 0.25) is 11.8 Å². The number of amides is 2. The average Bonchev–Trinajstić information content (AvgIpc) is 3.49. The van der Waals surface area contributed by atoms with Crippen molar-refractivity contribution in [1.29, 1.82) is 0 Å². The van der Waals surface area contributed by atoms with Crippen molar-refractivity contribution >= 4 is 17.6 Å². The first-order valence-corrected chi connectivity index (χ1v) is 10.0. The van der Waals surface area contributed by atoms with E-state index < -0.39 is 17.4 Å². The Morgan fingerprint density at radius 2 is 2.17 bits per heavy atom. The van der Waals surface area contributed by atoms with Gasteiger partial charge >= 0.3 is 0 Å². The largest absolute Gasteiger partial charge is 0.497 e. The third kappa shape index (κ3) is 2.90. The molecule has 0 saturated carbocycles. The van der Waals surface area contributed by atoms with E-state index in [4.69, 9.17) is 14.0 Å². The summed E-state index contributed by atoms with van der Waals surface area (Å²) in [6.07, 6.45) is 4.14. The number of rotatable bonds is 6. The zero-order valence-electron chi connectivity index (χ0n) is 16.8. The molecule has 0 unspecified atom stereocenters. The van der Waals surface area contributed by atoms with Gasteiger partial charge in [0.15, 0.2) is 5.82 Å². The fourth-order valence-electron chi connectivity index (χ4n) is 4.71. The number of nitrogens with one attached hydrogen (secondary N) is 1. The molecule has 30 heavy (non-hydrogen) atoms. The van der Waals surface area contributed by atoms with Gasteiger partial charge in [-0.1, -0.05) is 29.4 Å². The van der Waals surface area contributed by atoms with E-state index in [1.807, 2.05) is 36.4 Å². The number of aryl methyl sites for hydroxylation is 1. The number of hydrogen-bond donors (Lipinski definition) is 1. The number of hydrogen-bond acceptors (Lipinski definition) is 6. The van der Waals surface area contributed by atoms with Crippen molar-refractivity contribution in [2.75, 3.05) is 25.1 Å². The summed E-state index contributed by atoms with van der Waals surface area (Å²) in [6, 6.07) is 9.46. The molecule has 5 rings (SSSR count). The minimum atomic E-state index is -0.771. The first kappa shape index (κ1) is 18.9. The van der Waals surface area contributed by atoms with E-state index in [9.17, 15) is 9.59 Å². The second kappa shape index (κ2) is 6.98. The van der Waals surface area contributed by atoms with Crippen molar-refractivity contribution in [2.24, 2.45) is 11.8 Å². The van der Waals surface area contributed by atoms with Crippen LogP contribution in [0.25, 0.3) is 0 Å². The summed E-state index contributed by atoms with van der Waals surface area (Å²) >= 11 is 0. The number of benzene rings is 1. The highest BCUT2D eigenvalue weighted by Gasteiger charge is 2.67. The molecule has 2 saturated heterocycles. The number of anilines is 1. The molecule has 8 heteroatoms. The maximum absolute atomic E-state index is 13.2. The van der Waals surface area contributed by atoms with Crippen LogP contribution in [0.1, 0.15) is 11.3 Å². The summed E-state index contributed by atoms with van der Waals surface area (Å²) in [5.41, 5.74) is 0.327. The molecule has 1 spiro atoms. The molecule has 3 aliphatic heterocycles. The fraction of sp³-hybridized carbons (Fsp3) is 0.409. The van der Waals surface area contributed by atoms with E-state index in [1.165, 1.54) is 0 Å². The Morgan fingerprint density at radius 3 is 2.87 bits per heavy atom. The lowest BCUT2D eigenvalue weighted by atomic mass is 9.77. The molecule has 3 aliphatic rings. The molecule has 4 heterocycles. The van der Waals surface area contributed by atoms with E-state index in [0.29, 0.717) is 31.1 Å². The fourth-order valence-corrected chi connectivity index (χ4v) is 4.71. The van der Waals surface area contributed by atoms with Gasteiger partial charge in [-0.2, -0.15) is 0 Å². The molecule has 0 radical (unpaired) electrons. The van der Waals surface area contributed by atoms with Gasteiger partial charge in [-0.05, 0) is 31.0 Å². The highest BCUT2D eigenvalue weighted by molar-refractivity contribution is 6.02. The van der Waals surface area contributed by atoms with Gasteiger partial charge in [-0.25, -0.2) is 0 Å². The molecule has 2 bridgehead atoms. The van der Waals surface area contributed by atoms with Crippen LogP contribution in [0.3, 0.4) is 0 Å². The molecule has 4 atom stereocenters. The predicted molar refractivity (Wildman–Crippen MR) is 107 cm³/mol. The zero-order chi connectivity index (χ0) is 20.9. The molecular formula is C22H23N3O5. The lowest BCUT2D eigenvalue weighted by Crippen LogP contribution is -2.44. The third-order valence-electron chi connectivity index (χ3n) is 6.17. The number of nitrogens with zero attached hydrogens (tertiary/aromatic N) is 2. The van der Waals surface area contributed by atoms with Crippen molar-refractivity contribution in [3.8, 4) is 5.75 Å². The minimum Gasteiger partial charge on any atom is -0.497 e. The van der Waals surface area contributed by atoms with Crippen molar-refractivity contribution in [1.82, 2.24) is 10.5 Å². The van der Waals surface area contributed by atoms with Crippen LogP contribution in [0.2, 0.25) is 0 Å². The van der Waals surface area contributed by atoms with Crippen LogP contribution in [-0.2, 0) is 20.7 Å². The Bertz CT molecular complexity index is 1010. The minimum absolute atomic E-state index is 0.148. The normalized spacial score (nSPS) is 28.8. The SMILES string of the molecule is COc1ccc(CCNC(=O)[C@@H]2[C@H]3C=C[C@]4(CN(c5cc(C)on5)C(=O)[C@@H]24)O3)cc1. The van der Waals surface area contributed by atoms with Gasteiger partial charge < -0.3 is 19.3 Å². The van der Waals surface area contributed by atoms with Gasteiger partial charge in [-0.3, -0.25) is 14.5 Å². The van der Waals surface area contributed by atoms with E-state index >= 15 is 0 Å². The van der Waals surface area contributed by atoms with Crippen molar-refractivity contribution in [3.63, 3.8) is 0 Å². The summed E-state index contributed by atoms with van der Waals surface area (Å²) in [7, 11) is 1.63. The van der Waals surface area contributed by atoms with Gasteiger partial charge in [-0.15, -0.1) is 0 Å².